The predicted octanol–water partition coefficient (Wildman–Crippen LogP) is 4.38. The number of hydrogen-bond donors (Lipinski definition) is 3. The summed E-state index contributed by atoms with van der Waals surface area (Å²) in [5.74, 6) is 0.182. The van der Waals surface area contributed by atoms with Gasteiger partial charge in [0, 0.05) is 12.0 Å². The Bertz CT molecular complexity index is 922. The molecule has 0 aromatic heterocycles. The Balaban J connectivity index is 1.69. The lowest BCUT2D eigenvalue weighted by atomic mass is 9.98. The fraction of sp³-hybridized carbons (Fsp3) is 0.350. The molecule has 0 amide bonds. The van der Waals surface area contributed by atoms with Crippen LogP contribution in [0.25, 0.3) is 0 Å². The van der Waals surface area contributed by atoms with Crippen LogP contribution in [-0.4, -0.2) is 25.0 Å². The van der Waals surface area contributed by atoms with E-state index in [9.17, 15) is 4.79 Å². The first-order valence-electron chi connectivity index (χ1n) is 8.81. The van der Waals surface area contributed by atoms with Crippen molar-refractivity contribution in [2.24, 2.45) is 0 Å². The van der Waals surface area contributed by atoms with Crippen LogP contribution in [-0.2, 0) is 11.2 Å². The summed E-state index contributed by atoms with van der Waals surface area (Å²) in [5, 5.41) is 10.9. The SMILES string of the molecule is COC(=O)c1cc2c(c3c1OC(C)(C)C3)NC(Nc1c(C)cccc1Cl)N2. The number of anilines is 3. The number of ether oxygens (including phenoxy) is 2. The Kier molecular flexibility index (Phi) is 4.11. The summed E-state index contributed by atoms with van der Waals surface area (Å²) in [5.41, 5.74) is 4.70. The molecule has 2 aromatic carbocycles. The van der Waals surface area contributed by atoms with E-state index in [1.807, 2.05) is 39.0 Å². The van der Waals surface area contributed by atoms with Crippen molar-refractivity contribution < 1.29 is 14.3 Å². The summed E-state index contributed by atoms with van der Waals surface area (Å²) < 4.78 is 11.0. The van der Waals surface area contributed by atoms with E-state index >= 15 is 0 Å². The number of para-hydroxylation sites is 1. The zero-order chi connectivity index (χ0) is 19.3. The summed E-state index contributed by atoms with van der Waals surface area (Å²) in [6.45, 7) is 6.01. The average Bonchev–Trinajstić information content (AvgIpc) is 3.15. The first-order valence-corrected chi connectivity index (χ1v) is 9.19. The van der Waals surface area contributed by atoms with Crippen LogP contribution in [0.5, 0.6) is 5.75 Å². The van der Waals surface area contributed by atoms with Gasteiger partial charge in [0.05, 0.1) is 29.2 Å². The van der Waals surface area contributed by atoms with E-state index in [4.69, 9.17) is 21.1 Å². The topological polar surface area (TPSA) is 71.6 Å². The maximum absolute atomic E-state index is 12.3. The lowest BCUT2D eigenvalue weighted by Gasteiger charge is -2.19. The first kappa shape index (κ1) is 17.8. The van der Waals surface area contributed by atoms with Crippen molar-refractivity contribution in [3.63, 3.8) is 0 Å². The molecule has 7 heteroatoms. The van der Waals surface area contributed by atoms with Gasteiger partial charge in [0.15, 0.2) is 6.29 Å². The van der Waals surface area contributed by atoms with E-state index < -0.39 is 5.97 Å². The molecule has 0 saturated carbocycles. The van der Waals surface area contributed by atoms with E-state index in [-0.39, 0.29) is 11.9 Å². The molecule has 2 aromatic rings. The van der Waals surface area contributed by atoms with Crippen LogP contribution >= 0.6 is 11.6 Å². The van der Waals surface area contributed by atoms with Crippen molar-refractivity contribution in [2.45, 2.75) is 39.1 Å². The number of esters is 1. The predicted molar refractivity (Wildman–Crippen MR) is 107 cm³/mol. The van der Waals surface area contributed by atoms with Crippen molar-refractivity contribution in [3.8, 4) is 5.75 Å². The highest BCUT2D eigenvalue weighted by Crippen LogP contribution is 2.48. The molecule has 0 fully saturated rings. The first-order chi connectivity index (χ1) is 12.8. The summed E-state index contributed by atoms with van der Waals surface area (Å²) in [7, 11) is 1.37. The number of rotatable bonds is 3. The highest BCUT2D eigenvalue weighted by Gasteiger charge is 2.39. The number of aryl methyl sites for hydroxylation is 1. The van der Waals surface area contributed by atoms with Gasteiger partial charge >= 0.3 is 5.97 Å². The Morgan fingerprint density at radius 1 is 1.37 bits per heavy atom. The lowest BCUT2D eigenvalue weighted by molar-refractivity contribution is 0.0590. The number of methoxy groups -OCH3 is 1. The summed E-state index contributed by atoms with van der Waals surface area (Å²) in [4.78, 5) is 12.3. The third kappa shape index (κ3) is 3.04. The zero-order valence-electron chi connectivity index (χ0n) is 15.7. The molecule has 0 spiro atoms. The number of nitrogens with one attached hydrogen (secondary N) is 3. The van der Waals surface area contributed by atoms with Crippen LogP contribution in [0.15, 0.2) is 24.3 Å². The maximum Gasteiger partial charge on any atom is 0.341 e. The van der Waals surface area contributed by atoms with Gasteiger partial charge in [-0.1, -0.05) is 23.7 Å². The fourth-order valence-electron chi connectivity index (χ4n) is 3.65. The number of halogens is 1. The van der Waals surface area contributed by atoms with E-state index in [1.54, 1.807) is 6.07 Å². The van der Waals surface area contributed by atoms with Crippen LogP contribution < -0.4 is 20.7 Å². The number of carbonyl (C=O) groups is 1. The van der Waals surface area contributed by atoms with E-state index in [2.05, 4.69) is 16.0 Å². The van der Waals surface area contributed by atoms with Crippen molar-refractivity contribution in [1.82, 2.24) is 0 Å². The molecule has 0 saturated heterocycles. The second-order valence-electron chi connectivity index (χ2n) is 7.48. The maximum atomic E-state index is 12.3. The third-order valence-electron chi connectivity index (χ3n) is 4.86. The molecule has 0 bridgehead atoms. The third-order valence-corrected chi connectivity index (χ3v) is 5.18. The molecule has 4 rings (SSSR count). The Hall–Kier alpha value is -2.60. The number of carbonyl (C=O) groups excluding carboxylic acids is 1. The monoisotopic (exact) mass is 387 g/mol. The Morgan fingerprint density at radius 3 is 2.85 bits per heavy atom. The molecular formula is C20H22ClN3O3. The Morgan fingerprint density at radius 2 is 2.15 bits per heavy atom. The van der Waals surface area contributed by atoms with Gasteiger partial charge in [-0.25, -0.2) is 4.79 Å². The number of benzene rings is 2. The van der Waals surface area contributed by atoms with E-state index in [0.717, 1.165) is 28.2 Å². The normalized spacial score (nSPS) is 18.6. The minimum absolute atomic E-state index is 0.265. The molecular weight excluding hydrogens is 366 g/mol. The fourth-order valence-corrected chi connectivity index (χ4v) is 3.93. The van der Waals surface area contributed by atoms with E-state index in [0.29, 0.717) is 22.8 Å². The number of fused-ring (bicyclic) bond motifs is 3. The van der Waals surface area contributed by atoms with Gasteiger partial charge in [0.1, 0.15) is 16.9 Å². The summed E-state index contributed by atoms with van der Waals surface area (Å²) in [6, 6.07) is 7.54. The highest BCUT2D eigenvalue weighted by molar-refractivity contribution is 6.33. The highest BCUT2D eigenvalue weighted by atomic mass is 35.5. The lowest BCUT2D eigenvalue weighted by Crippen LogP contribution is -2.32. The largest absolute Gasteiger partial charge is 0.486 e. The van der Waals surface area contributed by atoms with Gasteiger partial charge in [0.2, 0.25) is 0 Å². The molecule has 3 N–H and O–H groups in total. The molecule has 2 aliphatic rings. The summed E-state index contributed by atoms with van der Waals surface area (Å²) >= 11 is 6.34. The van der Waals surface area contributed by atoms with Gasteiger partial charge in [-0.15, -0.1) is 0 Å². The molecule has 27 heavy (non-hydrogen) atoms. The quantitative estimate of drug-likeness (QED) is 0.679. The molecule has 2 heterocycles. The molecule has 2 aliphatic heterocycles. The van der Waals surface area contributed by atoms with Crippen molar-refractivity contribution in [1.29, 1.82) is 0 Å². The molecule has 1 atom stereocenters. The van der Waals surface area contributed by atoms with Crippen molar-refractivity contribution >= 4 is 34.6 Å². The van der Waals surface area contributed by atoms with Crippen LogP contribution in [0.4, 0.5) is 17.1 Å². The van der Waals surface area contributed by atoms with Gasteiger partial charge < -0.3 is 25.4 Å². The van der Waals surface area contributed by atoms with Gasteiger partial charge in [-0.05, 0) is 38.5 Å². The van der Waals surface area contributed by atoms with Crippen molar-refractivity contribution in [2.75, 3.05) is 23.1 Å². The standard InChI is InChI=1S/C20H22ClN3O3/c1-10-6-5-7-13(21)15(10)23-19-22-14-8-11(18(25)26-4)17-12(16(14)24-19)9-20(2,3)27-17/h5-8,19,22-24H,9H2,1-4H3. The van der Waals surface area contributed by atoms with Gasteiger partial charge in [-0.3, -0.25) is 0 Å². The molecule has 6 nitrogen and oxygen atoms in total. The van der Waals surface area contributed by atoms with Crippen molar-refractivity contribution in [3.05, 3.63) is 46.0 Å². The second kappa shape index (κ2) is 6.23. The molecule has 0 aliphatic carbocycles. The summed E-state index contributed by atoms with van der Waals surface area (Å²) in [6.07, 6.45) is 0.432. The molecule has 1 unspecified atom stereocenters. The minimum atomic E-state index is -0.410. The van der Waals surface area contributed by atoms with Crippen LogP contribution in [0.2, 0.25) is 5.02 Å². The number of hydrogen-bond acceptors (Lipinski definition) is 6. The minimum Gasteiger partial charge on any atom is -0.486 e. The average molecular weight is 388 g/mol. The zero-order valence-corrected chi connectivity index (χ0v) is 16.5. The smallest absolute Gasteiger partial charge is 0.341 e. The molecule has 0 radical (unpaired) electrons. The van der Waals surface area contributed by atoms with E-state index in [1.165, 1.54) is 7.11 Å². The van der Waals surface area contributed by atoms with Crippen LogP contribution in [0.3, 0.4) is 0 Å². The van der Waals surface area contributed by atoms with Crippen LogP contribution in [0.1, 0.15) is 35.3 Å². The second-order valence-corrected chi connectivity index (χ2v) is 7.89. The molecule has 142 valence electrons. The van der Waals surface area contributed by atoms with Crippen LogP contribution in [0, 0.1) is 6.92 Å². The Labute approximate surface area is 163 Å². The van der Waals surface area contributed by atoms with Gasteiger partial charge in [-0.2, -0.15) is 0 Å². The van der Waals surface area contributed by atoms with Gasteiger partial charge in [0.25, 0.3) is 0 Å².